The predicted octanol–water partition coefficient (Wildman–Crippen LogP) is 0.831. The fourth-order valence-electron chi connectivity index (χ4n) is 1.57. The highest BCUT2D eigenvalue weighted by atomic mass is 16.5. The molecule has 0 aliphatic carbocycles. The zero-order chi connectivity index (χ0) is 13.4. The number of hydrogen-bond donors (Lipinski definition) is 2. The number of amides is 1. The summed E-state index contributed by atoms with van der Waals surface area (Å²) in [5.74, 6) is -0.465. The average molecular weight is 244 g/mol. The summed E-state index contributed by atoms with van der Waals surface area (Å²) in [5.41, 5.74) is 0. The maximum atomic E-state index is 11.7. The van der Waals surface area contributed by atoms with Crippen molar-refractivity contribution in [1.29, 1.82) is 0 Å². The van der Waals surface area contributed by atoms with E-state index in [0.717, 1.165) is 12.8 Å². The monoisotopic (exact) mass is 244 g/mol. The third kappa shape index (κ3) is 6.26. The van der Waals surface area contributed by atoms with Crippen molar-refractivity contribution in [2.45, 2.75) is 58.7 Å². The minimum Gasteiger partial charge on any atom is -0.468 e. The minimum absolute atomic E-state index is 0.0956. The fraction of sp³-hybridized carbons (Fsp3) is 0.833. The molecule has 0 heterocycles. The van der Waals surface area contributed by atoms with Crippen molar-refractivity contribution in [2.75, 3.05) is 7.11 Å². The van der Waals surface area contributed by atoms with Crippen molar-refractivity contribution < 1.29 is 14.3 Å². The number of ether oxygens (including phenoxy) is 1. The highest BCUT2D eigenvalue weighted by Crippen LogP contribution is 1.97. The first-order valence-corrected chi connectivity index (χ1v) is 6.06. The molecule has 0 spiro atoms. The van der Waals surface area contributed by atoms with Crippen molar-refractivity contribution in [2.24, 2.45) is 0 Å². The second kappa shape index (κ2) is 8.06. The molecule has 0 aliphatic rings. The Balaban J connectivity index is 4.09. The molecule has 100 valence electrons. The first-order chi connectivity index (χ1) is 7.92. The normalized spacial score (nSPS) is 15.8. The van der Waals surface area contributed by atoms with Crippen molar-refractivity contribution in [1.82, 2.24) is 10.6 Å². The highest BCUT2D eigenvalue weighted by molar-refractivity contribution is 5.83. The first kappa shape index (κ1) is 15.9. The van der Waals surface area contributed by atoms with Gasteiger partial charge in [0.1, 0.15) is 6.04 Å². The summed E-state index contributed by atoms with van der Waals surface area (Å²) < 4.78 is 4.58. The molecule has 5 heteroatoms. The lowest BCUT2D eigenvalue weighted by atomic mass is 10.2. The molecule has 1 amide bonds. The Kier molecular flexibility index (Phi) is 7.54. The van der Waals surface area contributed by atoms with Crippen molar-refractivity contribution >= 4 is 11.9 Å². The molecule has 0 saturated carbocycles. The van der Waals surface area contributed by atoms with Crippen LogP contribution in [0.25, 0.3) is 0 Å². The molecule has 0 bridgehead atoms. The second-order valence-corrected chi connectivity index (χ2v) is 4.33. The Bertz CT molecular complexity index is 256. The van der Waals surface area contributed by atoms with E-state index in [1.165, 1.54) is 7.11 Å². The largest absolute Gasteiger partial charge is 0.468 e. The number of carbonyl (C=O) groups is 2. The molecule has 0 aromatic heterocycles. The lowest BCUT2D eigenvalue weighted by Gasteiger charge is -2.20. The highest BCUT2D eigenvalue weighted by Gasteiger charge is 2.20. The number of nitrogens with one attached hydrogen (secondary N) is 2. The molecule has 0 aromatic carbocycles. The summed E-state index contributed by atoms with van der Waals surface area (Å²) >= 11 is 0. The molecule has 0 radical (unpaired) electrons. The van der Waals surface area contributed by atoms with Gasteiger partial charge in [-0.05, 0) is 27.2 Å². The van der Waals surface area contributed by atoms with Gasteiger partial charge in [-0.2, -0.15) is 0 Å². The molecule has 17 heavy (non-hydrogen) atoms. The van der Waals surface area contributed by atoms with E-state index in [2.05, 4.69) is 22.3 Å². The summed E-state index contributed by atoms with van der Waals surface area (Å²) in [6, 6.07) is -0.740. The van der Waals surface area contributed by atoms with Crippen LogP contribution < -0.4 is 10.6 Å². The van der Waals surface area contributed by atoms with E-state index in [-0.39, 0.29) is 17.9 Å². The quantitative estimate of drug-likeness (QED) is 0.651. The van der Waals surface area contributed by atoms with Gasteiger partial charge in [0.15, 0.2) is 0 Å². The Labute approximate surface area is 103 Å². The van der Waals surface area contributed by atoms with Crippen LogP contribution in [0.15, 0.2) is 0 Å². The van der Waals surface area contributed by atoms with Gasteiger partial charge in [0.25, 0.3) is 0 Å². The van der Waals surface area contributed by atoms with Crippen LogP contribution in [0.4, 0.5) is 0 Å². The van der Waals surface area contributed by atoms with Crippen LogP contribution in [-0.2, 0) is 14.3 Å². The summed E-state index contributed by atoms with van der Waals surface area (Å²) in [5, 5.41) is 5.78. The second-order valence-electron chi connectivity index (χ2n) is 4.33. The summed E-state index contributed by atoms with van der Waals surface area (Å²) in [6.45, 7) is 7.44. The SMILES string of the molecule is CCCC(C)NC(=O)C(C)NC(C)C(=O)OC. The van der Waals surface area contributed by atoms with Crippen LogP contribution in [0, 0.1) is 0 Å². The zero-order valence-corrected chi connectivity index (χ0v) is 11.4. The van der Waals surface area contributed by atoms with Gasteiger partial charge in [0.05, 0.1) is 13.2 Å². The van der Waals surface area contributed by atoms with Crippen LogP contribution >= 0.6 is 0 Å². The number of rotatable bonds is 7. The summed E-state index contributed by atoms with van der Waals surface area (Å²) in [4.78, 5) is 22.9. The fourth-order valence-corrected chi connectivity index (χ4v) is 1.57. The lowest BCUT2D eigenvalue weighted by molar-refractivity contribution is -0.143. The maximum absolute atomic E-state index is 11.7. The molecule has 3 unspecified atom stereocenters. The molecule has 0 aromatic rings. The van der Waals surface area contributed by atoms with E-state index in [4.69, 9.17) is 0 Å². The molecule has 0 saturated heterocycles. The van der Waals surface area contributed by atoms with E-state index in [1.807, 2.05) is 6.92 Å². The molecule has 5 nitrogen and oxygen atoms in total. The van der Waals surface area contributed by atoms with Gasteiger partial charge in [0, 0.05) is 6.04 Å². The predicted molar refractivity (Wildman–Crippen MR) is 66.6 cm³/mol. The standard InChI is InChI=1S/C12H24N2O3/c1-6-7-8(2)13-11(15)9(3)14-10(4)12(16)17-5/h8-10,14H,6-7H2,1-5H3,(H,13,15). The number of hydrogen-bond acceptors (Lipinski definition) is 4. The van der Waals surface area contributed by atoms with Crippen LogP contribution in [0.1, 0.15) is 40.5 Å². The Morgan fingerprint density at radius 1 is 1.18 bits per heavy atom. The van der Waals surface area contributed by atoms with Gasteiger partial charge in [-0.1, -0.05) is 13.3 Å². The summed E-state index contributed by atoms with van der Waals surface area (Å²) in [7, 11) is 1.33. The molecule has 0 fully saturated rings. The smallest absolute Gasteiger partial charge is 0.322 e. The van der Waals surface area contributed by atoms with Gasteiger partial charge >= 0.3 is 5.97 Å². The van der Waals surface area contributed by atoms with E-state index in [0.29, 0.717) is 0 Å². The Morgan fingerprint density at radius 3 is 2.24 bits per heavy atom. The van der Waals surface area contributed by atoms with E-state index in [1.54, 1.807) is 13.8 Å². The van der Waals surface area contributed by atoms with Gasteiger partial charge in [-0.3, -0.25) is 14.9 Å². The number of carbonyl (C=O) groups excluding carboxylic acids is 2. The maximum Gasteiger partial charge on any atom is 0.322 e. The number of methoxy groups -OCH3 is 1. The molecule has 3 atom stereocenters. The third-order valence-electron chi connectivity index (χ3n) is 2.56. The summed E-state index contributed by atoms with van der Waals surface area (Å²) in [6.07, 6.45) is 1.98. The lowest BCUT2D eigenvalue weighted by Crippen LogP contribution is -2.50. The van der Waals surface area contributed by atoms with E-state index in [9.17, 15) is 9.59 Å². The average Bonchev–Trinajstić information content (AvgIpc) is 2.27. The van der Waals surface area contributed by atoms with Gasteiger partial charge < -0.3 is 10.1 Å². The van der Waals surface area contributed by atoms with Gasteiger partial charge in [0.2, 0.25) is 5.91 Å². The van der Waals surface area contributed by atoms with Gasteiger partial charge in [-0.25, -0.2) is 0 Å². The van der Waals surface area contributed by atoms with Crippen LogP contribution in [0.2, 0.25) is 0 Å². The molecule has 2 N–H and O–H groups in total. The minimum atomic E-state index is -0.484. The van der Waals surface area contributed by atoms with Crippen molar-refractivity contribution in [3.63, 3.8) is 0 Å². The van der Waals surface area contributed by atoms with E-state index >= 15 is 0 Å². The molecular weight excluding hydrogens is 220 g/mol. The van der Waals surface area contributed by atoms with E-state index < -0.39 is 12.1 Å². The van der Waals surface area contributed by atoms with Crippen molar-refractivity contribution in [3.05, 3.63) is 0 Å². The third-order valence-corrected chi connectivity index (χ3v) is 2.56. The molecular formula is C12H24N2O3. The van der Waals surface area contributed by atoms with Crippen LogP contribution in [0.3, 0.4) is 0 Å². The molecule has 0 aliphatic heterocycles. The van der Waals surface area contributed by atoms with Crippen molar-refractivity contribution in [3.8, 4) is 0 Å². The topological polar surface area (TPSA) is 67.4 Å². The van der Waals surface area contributed by atoms with Crippen LogP contribution in [0.5, 0.6) is 0 Å². The Morgan fingerprint density at radius 2 is 1.76 bits per heavy atom. The van der Waals surface area contributed by atoms with Gasteiger partial charge in [-0.15, -0.1) is 0 Å². The number of esters is 1. The molecule has 0 rings (SSSR count). The zero-order valence-electron chi connectivity index (χ0n) is 11.4. The Hall–Kier alpha value is -1.10. The van der Waals surface area contributed by atoms with Crippen LogP contribution in [-0.4, -0.2) is 37.1 Å². The first-order valence-electron chi connectivity index (χ1n) is 6.06.